The highest BCUT2D eigenvalue weighted by Gasteiger charge is 2.13. The number of nitrogens with two attached hydrogens (primary N) is 1. The molecule has 0 saturated heterocycles. The number of halogens is 2. The minimum absolute atomic E-state index is 0.0982. The van der Waals surface area contributed by atoms with E-state index in [-0.39, 0.29) is 16.6 Å². The third-order valence-electron chi connectivity index (χ3n) is 1.84. The molecule has 0 aliphatic rings. The molecule has 4 nitrogen and oxygen atoms in total. The van der Waals surface area contributed by atoms with Crippen LogP contribution in [0, 0.1) is 11.6 Å². The van der Waals surface area contributed by atoms with E-state index in [1.165, 1.54) is 0 Å². The van der Waals surface area contributed by atoms with Gasteiger partial charge in [-0.1, -0.05) is 0 Å². The number of rotatable bonds is 1. The first-order valence-corrected chi connectivity index (χ1v) is 3.72. The van der Waals surface area contributed by atoms with Gasteiger partial charge in [0.2, 0.25) is 0 Å². The third kappa shape index (κ3) is 1.12. The Morgan fingerprint density at radius 3 is 2.64 bits per heavy atom. The molecule has 0 bridgehead atoms. The van der Waals surface area contributed by atoms with Crippen LogP contribution in [0.4, 0.5) is 8.78 Å². The minimum Gasteiger partial charge on any atom is -0.364 e. The smallest absolute Gasteiger partial charge is 0.269 e. The van der Waals surface area contributed by atoms with Crippen LogP contribution in [0.25, 0.3) is 10.9 Å². The lowest BCUT2D eigenvalue weighted by Gasteiger charge is -1.93. The summed E-state index contributed by atoms with van der Waals surface area (Å²) in [5.41, 5.74) is 5.11. The summed E-state index contributed by atoms with van der Waals surface area (Å²) < 4.78 is 25.5. The van der Waals surface area contributed by atoms with Crippen LogP contribution >= 0.6 is 0 Å². The molecule has 1 amide bonds. The Morgan fingerprint density at radius 2 is 2.00 bits per heavy atom. The summed E-state index contributed by atoms with van der Waals surface area (Å²) in [6.45, 7) is 0. The van der Waals surface area contributed by atoms with Crippen LogP contribution in [0.2, 0.25) is 0 Å². The zero-order valence-electron chi connectivity index (χ0n) is 6.84. The summed E-state index contributed by atoms with van der Waals surface area (Å²) in [5, 5.41) is 6.10. The van der Waals surface area contributed by atoms with E-state index in [0.29, 0.717) is 0 Å². The summed E-state index contributed by atoms with van der Waals surface area (Å²) in [4.78, 5) is 10.8. The van der Waals surface area contributed by atoms with Gasteiger partial charge in [0.15, 0.2) is 17.3 Å². The second-order valence-electron chi connectivity index (χ2n) is 2.75. The first-order chi connectivity index (χ1) is 6.59. The van der Waals surface area contributed by atoms with Crippen molar-refractivity contribution in [2.45, 2.75) is 0 Å². The Kier molecular flexibility index (Phi) is 1.70. The number of hydrogen-bond acceptors (Lipinski definition) is 2. The molecule has 3 N–H and O–H groups in total. The monoisotopic (exact) mass is 197 g/mol. The highest BCUT2D eigenvalue weighted by atomic mass is 19.2. The number of benzene rings is 1. The fourth-order valence-corrected chi connectivity index (χ4v) is 1.20. The second kappa shape index (κ2) is 2.76. The molecule has 0 radical (unpaired) electrons. The van der Waals surface area contributed by atoms with Crippen molar-refractivity contribution in [2.75, 3.05) is 0 Å². The molecule has 0 saturated carbocycles. The average molecular weight is 197 g/mol. The van der Waals surface area contributed by atoms with Gasteiger partial charge in [-0.05, 0) is 6.07 Å². The van der Waals surface area contributed by atoms with E-state index in [9.17, 15) is 13.6 Å². The SMILES string of the molecule is NC(=O)c1n[nH]c2cc(F)c(F)cc12. The normalized spacial score (nSPS) is 10.7. The number of nitrogens with zero attached hydrogens (tertiary/aromatic N) is 1. The number of H-pyrrole nitrogens is 1. The number of aromatic amines is 1. The highest BCUT2D eigenvalue weighted by Crippen LogP contribution is 2.19. The van der Waals surface area contributed by atoms with Gasteiger partial charge in [-0.15, -0.1) is 0 Å². The van der Waals surface area contributed by atoms with Crippen molar-refractivity contribution in [1.29, 1.82) is 0 Å². The largest absolute Gasteiger partial charge is 0.364 e. The number of aromatic nitrogens is 2. The van der Waals surface area contributed by atoms with E-state index >= 15 is 0 Å². The van der Waals surface area contributed by atoms with Crippen LogP contribution in [-0.2, 0) is 0 Å². The average Bonchev–Trinajstić information content (AvgIpc) is 2.48. The molecular weight excluding hydrogens is 192 g/mol. The molecule has 0 aliphatic carbocycles. The van der Waals surface area contributed by atoms with E-state index in [1.54, 1.807) is 0 Å². The van der Waals surface area contributed by atoms with Gasteiger partial charge in [0.05, 0.1) is 5.52 Å². The maximum absolute atomic E-state index is 12.8. The first-order valence-electron chi connectivity index (χ1n) is 3.72. The standard InChI is InChI=1S/C8H5F2N3O/c9-4-1-3-6(2-5(4)10)12-13-7(3)8(11)14/h1-2H,(H2,11,14)(H,12,13). The summed E-state index contributed by atoms with van der Waals surface area (Å²) in [5.74, 6) is -2.83. The molecule has 2 rings (SSSR count). The molecule has 14 heavy (non-hydrogen) atoms. The molecule has 0 fully saturated rings. The predicted octanol–water partition coefficient (Wildman–Crippen LogP) is 0.940. The fraction of sp³-hybridized carbons (Fsp3) is 0. The molecule has 0 spiro atoms. The molecule has 6 heteroatoms. The number of nitrogens with one attached hydrogen (secondary N) is 1. The Morgan fingerprint density at radius 1 is 1.36 bits per heavy atom. The Labute approximate surface area is 76.7 Å². The highest BCUT2D eigenvalue weighted by molar-refractivity contribution is 6.03. The number of hydrogen-bond donors (Lipinski definition) is 2. The van der Waals surface area contributed by atoms with Crippen molar-refractivity contribution in [2.24, 2.45) is 5.73 Å². The van der Waals surface area contributed by atoms with Crippen LogP contribution < -0.4 is 5.73 Å². The maximum atomic E-state index is 12.8. The van der Waals surface area contributed by atoms with Gasteiger partial charge in [-0.2, -0.15) is 5.10 Å². The van der Waals surface area contributed by atoms with Crippen molar-refractivity contribution in [3.63, 3.8) is 0 Å². The minimum atomic E-state index is -1.04. The van der Waals surface area contributed by atoms with E-state index in [2.05, 4.69) is 10.2 Å². The molecular formula is C8H5F2N3O. The number of carbonyl (C=O) groups excluding carboxylic acids is 1. The summed E-state index contributed by atoms with van der Waals surface area (Å²) in [6, 6.07) is 1.80. The van der Waals surface area contributed by atoms with Gasteiger partial charge in [0, 0.05) is 11.5 Å². The first kappa shape index (κ1) is 8.61. The van der Waals surface area contributed by atoms with Crippen LogP contribution in [0.1, 0.15) is 10.5 Å². The van der Waals surface area contributed by atoms with E-state index in [1.807, 2.05) is 0 Å². The van der Waals surface area contributed by atoms with Crippen molar-refractivity contribution < 1.29 is 13.6 Å². The van der Waals surface area contributed by atoms with Crippen molar-refractivity contribution in [1.82, 2.24) is 10.2 Å². The van der Waals surface area contributed by atoms with Gasteiger partial charge < -0.3 is 5.73 Å². The summed E-state index contributed by atoms with van der Waals surface area (Å²) in [7, 11) is 0. The molecule has 1 heterocycles. The number of fused-ring (bicyclic) bond motifs is 1. The van der Waals surface area contributed by atoms with Crippen LogP contribution in [-0.4, -0.2) is 16.1 Å². The quantitative estimate of drug-likeness (QED) is 0.714. The Bertz CT molecular complexity index is 521. The molecule has 2 aromatic rings. The van der Waals surface area contributed by atoms with Crippen LogP contribution in [0.5, 0.6) is 0 Å². The zero-order valence-corrected chi connectivity index (χ0v) is 6.84. The van der Waals surface area contributed by atoms with Crippen molar-refractivity contribution in [3.05, 3.63) is 29.5 Å². The molecule has 0 aliphatic heterocycles. The van der Waals surface area contributed by atoms with Gasteiger partial charge in [0.25, 0.3) is 5.91 Å². The molecule has 0 unspecified atom stereocenters. The fourth-order valence-electron chi connectivity index (χ4n) is 1.20. The zero-order chi connectivity index (χ0) is 10.3. The lowest BCUT2D eigenvalue weighted by atomic mass is 10.2. The van der Waals surface area contributed by atoms with Gasteiger partial charge in [-0.3, -0.25) is 9.89 Å². The van der Waals surface area contributed by atoms with Gasteiger partial charge in [-0.25, -0.2) is 8.78 Å². The summed E-state index contributed by atoms with van der Waals surface area (Å²) >= 11 is 0. The predicted molar refractivity (Wildman–Crippen MR) is 44.5 cm³/mol. The summed E-state index contributed by atoms with van der Waals surface area (Å²) in [6.07, 6.45) is 0. The number of amides is 1. The van der Waals surface area contributed by atoms with E-state index < -0.39 is 17.5 Å². The molecule has 72 valence electrons. The number of carbonyl (C=O) groups is 1. The van der Waals surface area contributed by atoms with E-state index in [4.69, 9.17) is 5.73 Å². The molecule has 1 aromatic heterocycles. The van der Waals surface area contributed by atoms with Crippen molar-refractivity contribution >= 4 is 16.8 Å². The van der Waals surface area contributed by atoms with Gasteiger partial charge >= 0.3 is 0 Å². The molecule has 0 atom stereocenters. The molecule has 1 aromatic carbocycles. The Balaban J connectivity index is 2.80. The van der Waals surface area contributed by atoms with Crippen molar-refractivity contribution in [3.8, 4) is 0 Å². The van der Waals surface area contributed by atoms with Crippen LogP contribution in [0.3, 0.4) is 0 Å². The Hall–Kier alpha value is -1.98. The van der Waals surface area contributed by atoms with Gasteiger partial charge in [0.1, 0.15) is 0 Å². The topological polar surface area (TPSA) is 71.8 Å². The van der Waals surface area contributed by atoms with E-state index in [0.717, 1.165) is 12.1 Å². The maximum Gasteiger partial charge on any atom is 0.269 e. The number of primary amides is 1. The van der Waals surface area contributed by atoms with Crippen LogP contribution in [0.15, 0.2) is 12.1 Å². The lowest BCUT2D eigenvalue weighted by molar-refractivity contribution is 0.0997. The lowest BCUT2D eigenvalue weighted by Crippen LogP contribution is -2.11. The second-order valence-corrected chi connectivity index (χ2v) is 2.75. The third-order valence-corrected chi connectivity index (χ3v) is 1.84.